The largest absolute Gasteiger partial charge is 0.435 e. The fourth-order valence-corrected chi connectivity index (χ4v) is 2.31. The molecule has 0 spiro atoms. The molecule has 0 aliphatic heterocycles. The number of amides is 1. The summed E-state index contributed by atoms with van der Waals surface area (Å²) in [7, 11) is 1.82. The molecule has 4 nitrogen and oxygen atoms in total. The number of ether oxygens (including phenoxy) is 1. The molecule has 1 amide bonds. The third kappa shape index (κ3) is 5.99. The first-order valence-electron chi connectivity index (χ1n) is 7.65. The highest BCUT2D eigenvalue weighted by molar-refractivity contribution is 6.30. The van der Waals surface area contributed by atoms with Crippen molar-refractivity contribution in [3.63, 3.8) is 0 Å². The highest BCUT2D eigenvalue weighted by Crippen LogP contribution is 2.17. The molecule has 2 aromatic carbocycles. The summed E-state index contributed by atoms with van der Waals surface area (Å²) in [4.78, 5) is 14.2. The number of anilines is 1. The number of likely N-dealkylation sites (N-methyl/N-ethyl adjacent to an activating group) is 1. The van der Waals surface area contributed by atoms with Crippen molar-refractivity contribution in [2.45, 2.75) is 26.1 Å². The van der Waals surface area contributed by atoms with Gasteiger partial charge in [0.05, 0.1) is 6.04 Å². The average molecular weight is 369 g/mol. The number of carbonyl (C=O) groups excluding carboxylic acids is 1. The molecule has 0 heterocycles. The van der Waals surface area contributed by atoms with Gasteiger partial charge in [-0.3, -0.25) is 9.69 Å². The number of nitrogens with zero attached hydrogens (tertiary/aromatic N) is 1. The highest BCUT2D eigenvalue weighted by Gasteiger charge is 2.18. The summed E-state index contributed by atoms with van der Waals surface area (Å²) < 4.78 is 28.6. The third-order valence-electron chi connectivity index (χ3n) is 3.73. The molecule has 0 bridgehead atoms. The third-order valence-corrected chi connectivity index (χ3v) is 3.98. The normalized spacial score (nSPS) is 12.3. The number of hydrogen-bond donors (Lipinski definition) is 1. The molecule has 0 aliphatic rings. The van der Waals surface area contributed by atoms with Gasteiger partial charge in [-0.15, -0.1) is 0 Å². The van der Waals surface area contributed by atoms with E-state index >= 15 is 0 Å². The maximum Gasteiger partial charge on any atom is 0.387 e. The fourth-order valence-electron chi connectivity index (χ4n) is 2.18. The van der Waals surface area contributed by atoms with Gasteiger partial charge in [-0.25, -0.2) is 0 Å². The molecular weight excluding hydrogens is 350 g/mol. The van der Waals surface area contributed by atoms with Gasteiger partial charge < -0.3 is 10.1 Å². The average Bonchev–Trinajstić information content (AvgIpc) is 2.57. The zero-order valence-corrected chi connectivity index (χ0v) is 14.6. The molecule has 0 unspecified atom stereocenters. The van der Waals surface area contributed by atoms with Crippen LogP contribution in [0.15, 0.2) is 48.5 Å². The van der Waals surface area contributed by atoms with Gasteiger partial charge in [-0.05, 0) is 55.9 Å². The second-order valence-electron chi connectivity index (χ2n) is 5.61. The first-order valence-corrected chi connectivity index (χ1v) is 8.03. The first kappa shape index (κ1) is 19.1. The Labute approximate surface area is 150 Å². The van der Waals surface area contributed by atoms with Crippen molar-refractivity contribution in [1.82, 2.24) is 4.90 Å². The zero-order chi connectivity index (χ0) is 18.4. The SMILES string of the molecule is C[C@H](C(=O)Nc1ccc(Cl)cc1)N(C)Cc1ccc(OC(F)F)cc1. The molecule has 0 saturated carbocycles. The number of hydrogen-bond acceptors (Lipinski definition) is 3. The van der Waals surface area contributed by atoms with E-state index in [0.717, 1.165) is 5.56 Å². The van der Waals surface area contributed by atoms with E-state index in [9.17, 15) is 13.6 Å². The van der Waals surface area contributed by atoms with Crippen LogP contribution in [0.5, 0.6) is 5.75 Å². The van der Waals surface area contributed by atoms with Crippen molar-refractivity contribution in [3.05, 3.63) is 59.1 Å². The first-order chi connectivity index (χ1) is 11.8. The predicted octanol–water partition coefficient (Wildman–Crippen LogP) is 4.40. The van der Waals surface area contributed by atoms with E-state index in [0.29, 0.717) is 17.3 Å². The maximum absolute atomic E-state index is 12.3. The van der Waals surface area contributed by atoms with Crippen LogP contribution in [0, 0.1) is 0 Å². The lowest BCUT2D eigenvalue weighted by Gasteiger charge is -2.24. The Hall–Kier alpha value is -2.18. The lowest BCUT2D eigenvalue weighted by Crippen LogP contribution is -2.39. The van der Waals surface area contributed by atoms with E-state index in [1.807, 2.05) is 11.9 Å². The fraction of sp³-hybridized carbons (Fsp3) is 0.278. The molecular formula is C18H19ClF2N2O2. The van der Waals surface area contributed by atoms with E-state index in [2.05, 4.69) is 10.1 Å². The van der Waals surface area contributed by atoms with Gasteiger partial charge in [0.1, 0.15) is 5.75 Å². The molecule has 1 N–H and O–H groups in total. The van der Waals surface area contributed by atoms with Crippen LogP contribution >= 0.6 is 11.6 Å². The van der Waals surface area contributed by atoms with Crippen LogP contribution in [0.4, 0.5) is 14.5 Å². The van der Waals surface area contributed by atoms with Crippen LogP contribution in [0.25, 0.3) is 0 Å². The van der Waals surface area contributed by atoms with Crippen LogP contribution in [-0.2, 0) is 11.3 Å². The molecule has 2 rings (SSSR count). The van der Waals surface area contributed by atoms with E-state index in [-0.39, 0.29) is 17.7 Å². The van der Waals surface area contributed by atoms with Crippen molar-refractivity contribution in [3.8, 4) is 5.75 Å². The summed E-state index contributed by atoms with van der Waals surface area (Å²) in [5.41, 5.74) is 1.55. The molecule has 7 heteroatoms. The van der Waals surface area contributed by atoms with Gasteiger partial charge in [0.2, 0.25) is 5.91 Å². The molecule has 25 heavy (non-hydrogen) atoms. The molecule has 2 aromatic rings. The van der Waals surface area contributed by atoms with Crippen molar-refractivity contribution < 1.29 is 18.3 Å². The summed E-state index contributed by atoms with van der Waals surface area (Å²) >= 11 is 5.82. The number of nitrogens with one attached hydrogen (secondary N) is 1. The van der Waals surface area contributed by atoms with Gasteiger partial charge in [0.25, 0.3) is 0 Å². The van der Waals surface area contributed by atoms with Crippen LogP contribution < -0.4 is 10.1 Å². The number of carbonyl (C=O) groups is 1. The standard InChI is InChI=1S/C18H19ClF2N2O2/c1-12(17(24)22-15-7-5-14(19)6-8-15)23(2)11-13-3-9-16(10-4-13)25-18(20)21/h3-10,12,18H,11H2,1-2H3,(H,22,24)/t12-/m1/s1. The topological polar surface area (TPSA) is 41.6 Å². The van der Waals surface area contributed by atoms with Crippen molar-refractivity contribution in [1.29, 1.82) is 0 Å². The zero-order valence-electron chi connectivity index (χ0n) is 13.9. The summed E-state index contributed by atoms with van der Waals surface area (Å²) in [6.07, 6.45) is 0. The second-order valence-corrected chi connectivity index (χ2v) is 6.05. The summed E-state index contributed by atoms with van der Waals surface area (Å²) in [5, 5.41) is 3.42. The van der Waals surface area contributed by atoms with Crippen LogP contribution in [0.1, 0.15) is 12.5 Å². The van der Waals surface area contributed by atoms with Gasteiger partial charge in [0.15, 0.2) is 0 Å². The van der Waals surface area contributed by atoms with Crippen LogP contribution in [0.2, 0.25) is 5.02 Å². The Morgan fingerprint density at radius 2 is 1.76 bits per heavy atom. The predicted molar refractivity (Wildman–Crippen MR) is 94.1 cm³/mol. The number of rotatable bonds is 7. The molecule has 0 aromatic heterocycles. The summed E-state index contributed by atoms with van der Waals surface area (Å²) in [6, 6.07) is 12.8. The van der Waals surface area contributed by atoms with E-state index in [4.69, 9.17) is 11.6 Å². The Bertz CT molecular complexity index is 693. The minimum atomic E-state index is -2.84. The maximum atomic E-state index is 12.3. The molecule has 0 radical (unpaired) electrons. The molecule has 0 saturated heterocycles. The van der Waals surface area contributed by atoms with E-state index in [1.54, 1.807) is 43.3 Å². The Kier molecular flexibility index (Phi) is 6.73. The number of halogens is 3. The molecule has 1 atom stereocenters. The smallest absolute Gasteiger partial charge is 0.387 e. The highest BCUT2D eigenvalue weighted by atomic mass is 35.5. The van der Waals surface area contributed by atoms with Crippen LogP contribution in [0.3, 0.4) is 0 Å². The molecule has 134 valence electrons. The summed E-state index contributed by atoms with van der Waals surface area (Å²) in [6.45, 7) is -0.561. The lowest BCUT2D eigenvalue weighted by atomic mass is 10.1. The Morgan fingerprint density at radius 1 is 1.16 bits per heavy atom. The van der Waals surface area contributed by atoms with Crippen molar-refractivity contribution in [2.75, 3.05) is 12.4 Å². The van der Waals surface area contributed by atoms with Crippen LogP contribution in [-0.4, -0.2) is 30.5 Å². The Balaban J connectivity index is 1.91. The second kappa shape index (κ2) is 8.78. The minimum Gasteiger partial charge on any atom is -0.435 e. The van der Waals surface area contributed by atoms with Crippen molar-refractivity contribution >= 4 is 23.2 Å². The van der Waals surface area contributed by atoms with Gasteiger partial charge in [0, 0.05) is 17.3 Å². The van der Waals surface area contributed by atoms with Gasteiger partial charge >= 0.3 is 6.61 Å². The lowest BCUT2D eigenvalue weighted by molar-refractivity contribution is -0.120. The number of alkyl halides is 2. The Morgan fingerprint density at radius 3 is 2.32 bits per heavy atom. The summed E-state index contributed by atoms with van der Waals surface area (Å²) in [5.74, 6) is -0.0441. The minimum absolute atomic E-state index is 0.106. The quantitative estimate of drug-likeness (QED) is 0.787. The monoisotopic (exact) mass is 368 g/mol. The number of benzene rings is 2. The molecule has 0 fully saturated rings. The van der Waals surface area contributed by atoms with Gasteiger partial charge in [-0.2, -0.15) is 8.78 Å². The van der Waals surface area contributed by atoms with Gasteiger partial charge in [-0.1, -0.05) is 23.7 Å². The van der Waals surface area contributed by atoms with E-state index in [1.165, 1.54) is 12.1 Å². The van der Waals surface area contributed by atoms with Crippen molar-refractivity contribution in [2.24, 2.45) is 0 Å². The van der Waals surface area contributed by atoms with E-state index < -0.39 is 6.61 Å². The molecule has 0 aliphatic carbocycles.